The van der Waals surface area contributed by atoms with Crippen LogP contribution in [0.2, 0.25) is 0 Å². The lowest BCUT2D eigenvalue weighted by Crippen LogP contribution is -2.40. The Morgan fingerprint density at radius 1 is 1.69 bits per heavy atom. The van der Waals surface area contributed by atoms with Gasteiger partial charge in [0.2, 0.25) is 0 Å². The summed E-state index contributed by atoms with van der Waals surface area (Å²) in [6.07, 6.45) is 4.32. The molecule has 0 aliphatic carbocycles. The summed E-state index contributed by atoms with van der Waals surface area (Å²) in [6.45, 7) is 4.26. The topological polar surface area (TPSA) is 41.1 Å². The predicted molar refractivity (Wildman–Crippen MR) is 57.4 cm³/mol. The molecule has 1 rings (SSSR count). The molecule has 4 heteroatoms. The summed E-state index contributed by atoms with van der Waals surface area (Å²) < 4.78 is 10.9. The largest absolute Gasteiger partial charge is 0.313 e. The fourth-order valence-electron chi connectivity index (χ4n) is 1.69. The molecule has 0 aromatic carbocycles. The van der Waals surface area contributed by atoms with Crippen LogP contribution in [-0.2, 0) is 10.8 Å². The first-order valence-electron chi connectivity index (χ1n) is 4.95. The maximum absolute atomic E-state index is 10.9. The Labute approximate surface area is 83.1 Å². The van der Waals surface area contributed by atoms with Crippen LogP contribution in [0.4, 0.5) is 0 Å². The van der Waals surface area contributed by atoms with E-state index >= 15 is 0 Å². The van der Waals surface area contributed by atoms with Crippen molar-refractivity contribution in [1.82, 2.24) is 10.6 Å². The number of nitrogens with one attached hydrogen (secondary N) is 2. The van der Waals surface area contributed by atoms with E-state index in [4.69, 9.17) is 0 Å². The van der Waals surface area contributed by atoms with Gasteiger partial charge < -0.3 is 10.6 Å². The van der Waals surface area contributed by atoms with E-state index in [2.05, 4.69) is 17.6 Å². The predicted octanol–water partition coefficient (Wildman–Crippen LogP) is 0.0950. The second-order valence-corrected chi connectivity index (χ2v) is 5.32. The number of hydrogen-bond donors (Lipinski definition) is 2. The SMILES string of the molecule is CC(CS(C)=O)NCC1CCCN1. The van der Waals surface area contributed by atoms with Gasteiger partial charge in [-0.1, -0.05) is 0 Å². The van der Waals surface area contributed by atoms with Crippen molar-refractivity contribution in [3.05, 3.63) is 0 Å². The zero-order chi connectivity index (χ0) is 9.68. The number of rotatable bonds is 5. The Balaban J connectivity index is 2.06. The Bertz CT molecular complexity index is 169. The van der Waals surface area contributed by atoms with Crippen molar-refractivity contribution in [3.8, 4) is 0 Å². The maximum atomic E-state index is 10.9. The highest BCUT2D eigenvalue weighted by molar-refractivity contribution is 7.84. The van der Waals surface area contributed by atoms with Gasteiger partial charge in [-0.3, -0.25) is 4.21 Å². The third kappa shape index (κ3) is 4.74. The lowest BCUT2D eigenvalue weighted by molar-refractivity contribution is 0.499. The molecule has 2 N–H and O–H groups in total. The van der Waals surface area contributed by atoms with E-state index < -0.39 is 10.8 Å². The first-order chi connectivity index (χ1) is 6.18. The molecular formula is C9H20N2OS. The van der Waals surface area contributed by atoms with Gasteiger partial charge in [0.25, 0.3) is 0 Å². The third-order valence-corrected chi connectivity index (χ3v) is 3.33. The van der Waals surface area contributed by atoms with E-state index in [1.807, 2.05) is 0 Å². The van der Waals surface area contributed by atoms with Gasteiger partial charge in [-0.05, 0) is 26.3 Å². The summed E-state index contributed by atoms with van der Waals surface area (Å²) in [5, 5.41) is 6.83. The van der Waals surface area contributed by atoms with Crippen molar-refractivity contribution >= 4 is 10.8 Å². The summed E-state index contributed by atoms with van der Waals surface area (Å²) in [5.74, 6) is 0.757. The van der Waals surface area contributed by atoms with E-state index in [1.165, 1.54) is 12.8 Å². The Morgan fingerprint density at radius 3 is 3.00 bits per heavy atom. The fourth-order valence-corrected chi connectivity index (χ4v) is 2.51. The molecule has 1 aliphatic heterocycles. The molecule has 0 radical (unpaired) electrons. The Kier molecular flexibility index (Phi) is 4.91. The van der Waals surface area contributed by atoms with Crippen LogP contribution < -0.4 is 10.6 Å². The minimum Gasteiger partial charge on any atom is -0.313 e. The van der Waals surface area contributed by atoms with Crippen LogP contribution in [0.15, 0.2) is 0 Å². The molecule has 0 amide bonds. The van der Waals surface area contributed by atoms with Crippen LogP contribution in [0.25, 0.3) is 0 Å². The summed E-state index contributed by atoms with van der Waals surface area (Å²) in [7, 11) is -0.682. The molecule has 1 aliphatic rings. The molecule has 13 heavy (non-hydrogen) atoms. The molecular weight excluding hydrogens is 184 g/mol. The second-order valence-electron chi connectivity index (χ2n) is 3.84. The summed E-state index contributed by atoms with van der Waals surface area (Å²) in [6, 6.07) is 1.00. The van der Waals surface area contributed by atoms with Gasteiger partial charge in [0.05, 0.1) is 0 Å². The average molecular weight is 204 g/mol. The molecule has 1 fully saturated rings. The van der Waals surface area contributed by atoms with E-state index in [9.17, 15) is 4.21 Å². The normalized spacial score (nSPS) is 27.4. The highest BCUT2D eigenvalue weighted by Crippen LogP contribution is 2.03. The molecule has 0 saturated carbocycles. The fraction of sp³-hybridized carbons (Fsp3) is 1.00. The van der Waals surface area contributed by atoms with Crippen LogP contribution in [0.1, 0.15) is 19.8 Å². The van der Waals surface area contributed by atoms with Crippen molar-refractivity contribution in [2.45, 2.75) is 31.8 Å². The van der Waals surface area contributed by atoms with Gasteiger partial charge in [-0.2, -0.15) is 0 Å². The molecule has 1 saturated heterocycles. The lowest BCUT2D eigenvalue weighted by atomic mass is 10.2. The van der Waals surface area contributed by atoms with Crippen molar-refractivity contribution < 1.29 is 4.21 Å². The van der Waals surface area contributed by atoms with E-state index in [0.29, 0.717) is 12.1 Å². The van der Waals surface area contributed by atoms with Crippen molar-refractivity contribution in [3.63, 3.8) is 0 Å². The number of hydrogen-bond acceptors (Lipinski definition) is 3. The molecule has 0 spiro atoms. The van der Waals surface area contributed by atoms with Crippen LogP contribution in [0.5, 0.6) is 0 Å². The first-order valence-corrected chi connectivity index (χ1v) is 6.68. The van der Waals surface area contributed by atoms with Gasteiger partial charge >= 0.3 is 0 Å². The van der Waals surface area contributed by atoms with Crippen molar-refractivity contribution in [2.24, 2.45) is 0 Å². The molecule has 3 atom stereocenters. The monoisotopic (exact) mass is 204 g/mol. The van der Waals surface area contributed by atoms with E-state index in [-0.39, 0.29) is 0 Å². The third-order valence-electron chi connectivity index (χ3n) is 2.36. The van der Waals surface area contributed by atoms with Gasteiger partial charge in [-0.25, -0.2) is 0 Å². The molecule has 0 bridgehead atoms. The highest BCUT2D eigenvalue weighted by atomic mass is 32.2. The molecule has 1 heterocycles. The van der Waals surface area contributed by atoms with Crippen LogP contribution in [0.3, 0.4) is 0 Å². The standard InChI is InChI=1S/C9H20N2OS/c1-8(7-13(2)12)11-6-9-4-3-5-10-9/h8-11H,3-7H2,1-2H3. The lowest BCUT2D eigenvalue weighted by Gasteiger charge is -2.16. The molecule has 3 nitrogen and oxygen atoms in total. The van der Waals surface area contributed by atoms with Gasteiger partial charge in [0, 0.05) is 41.4 Å². The summed E-state index contributed by atoms with van der Waals surface area (Å²) >= 11 is 0. The van der Waals surface area contributed by atoms with Gasteiger partial charge in [0.1, 0.15) is 0 Å². The van der Waals surface area contributed by atoms with E-state index in [1.54, 1.807) is 6.26 Å². The molecule has 0 aromatic heterocycles. The summed E-state index contributed by atoms with van der Waals surface area (Å²) in [5.41, 5.74) is 0. The van der Waals surface area contributed by atoms with Gasteiger partial charge in [-0.15, -0.1) is 0 Å². The molecule has 0 aromatic rings. The van der Waals surface area contributed by atoms with Crippen molar-refractivity contribution in [1.29, 1.82) is 0 Å². The zero-order valence-corrected chi connectivity index (χ0v) is 9.32. The Morgan fingerprint density at radius 2 is 2.46 bits per heavy atom. The quantitative estimate of drug-likeness (QED) is 0.667. The second kappa shape index (κ2) is 5.73. The zero-order valence-electron chi connectivity index (χ0n) is 8.51. The van der Waals surface area contributed by atoms with E-state index in [0.717, 1.165) is 18.8 Å². The van der Waals surface area contributed by atoms with Crippen LogP contribution >= 0.6 is 0 Å². The van der Waals surface area contributed by atoms with Crippen LogP contribution in [0, 0.1) is 0 Å². The minimum atomic E-state index is -0.682. The highest BCUT2D eigenvalue weighted by Gasteiger charge is 2.14. The average Bonchev–Trinajstić information content (AvgIpc) is 2.51. The maximum Gasteiger partial charge on any atom is 0.0383 e. The Hall–Kier alpha value is 0.0700. The van der Waals surface area contributed by atoms with Crippen LogP contribution in [-0.4, -0.2) is 41.4 Å². The van der Waals surface area contributed by atoms with Gasteiger partial charge in [0.15, 0.2) is 0 Å². The molecule has 3 unspecified atom stereocenters. The smallest absolute Gasteiger partial charge is 0.0383 e. The minimum absolute atomic E-state index is 0.369. The van der Waals surface area contributed by atoms with Crippen molar-refractivity contribution in [2.75, 3.05) is 25.1 Å². The first kappa shape index (κ1) is 11.1. The molecule has 78 valence electrons. The summed E-state index contributed by atoms with van der Waals surface area (Å²) in [4.78, 5) is 0.